The summed E-state index contributed by atoms with van der Waals surface area (Å²) < 4.78 is 5.18. The molecule has 0 aliphatic carbocycles. The van der Waals surface area contributed by atoms with Crippen molar-refractivity contribution in [2.24, 2.45) is 0 Å². The summed E-state index contributed by atoms with van der Waals surface area (Å²) in [7, 11) is 1.55. The van der Waals surface area contributed by atoms with Crippen molar-refractivity contribution in [3.63, 3.8) is 0 Å². The summed E-state index contributed by atoms with van der Waals surface area (Å²) in [5.41, 5.74) is 8.29. The van der Waals surface area contributed by atoms with Gasteiger partial charge in [0.25, 0.3) is 5.91 Å². The lowest BCUT2D eigenvalue weighted by Crippen LogP contribution is -2.48. The molecular formula is C28H28ClN7O2. The molecule has 0 atom stereocenters. The Balaban J connectivity index is 1.26. The Morgan fingerprint density at radius 3 is 2.16 bits per heavy atom. The number of nitrogens with zero attached hydrogens (tertiary/aromatic N) is 5. The standard InChI is InChI=1S/C28H28ClN7O2/c1-38-23-14-8-13-22(19-23)25(37)33-34-27-30-26(29)31-28(32-27)36-17-15-35(16-18-36)24(20-9-4-2-5-10-20)21-11-6-3-7-12-21/h2-14,19,24H,15-18H2,1H3,(H,33,37)(H,30,31,32,34). The topological polar surface area (TPSA) is 95.5 Å². The summed E-state index contributed by atoms with van der Waals surface area (Å²) in [6, 6.07) is 28.1. The maximum absolute atomic E-state index is 12.5. The molecule has 2 N–H and O–H groups in total. The number of carbonyl (C=O) groups excluding carboxylic acids is 1. The van der Waals surface area contributed by atoms with Crippen LogP contribution in [0.5, 0.6) is 5.75 Å². The Labute approximate surface area is 226 Å². The molecule has 1 aromatic heterocycles. The molecule has 3 aromatic carbocycles. The van der Waals surface area contributed by atoms with Crippen molar-refractivity contribution < 1.29 is 9.53 Å². The molecule has 1 amide bonds. The summed E-state index contributed by atoms with van der Waals surface area (Å²) in [5.74, 6) is 0.844. The number of hydrogen-bond acceptors (Lipinski definition) is 8. The molecule has 0 bridgehead atoms. The molecule has 1 saturated heterocycles. The fourth-order valence-electron chi connectivity index (χ4n) is 4.55. The molecule has 1 aliphatic heterocycles. The van der Waals surface area contributed by atoms with Crippen LogP contribution in [0.4, 0.5) is 11.9 Å². The van der Waals surface area contributed by atoms with E-state index in [1.165, 1.54) is 11.1 Å². The Morgan fingerprint density at radius 1 is 0.868 bits per heavy atom. The number of nitrogens with one attached hydrogen (secondary N) is 2. The second-order valence-corrected chi connectivity index (χ2v) is 9.12. The fraction of sp³-hybridized carbons (Fsp3) is 0.214. The van der Waals surface area contributed by atoms with Gasteiger partial charge in [0.05, 0.1) is 13.2 Å². The van der Waals surface area contributed by atoms with Gasteiger partial charge >= 0.3 is 0 Å². The van der Waals surface area contributed by atoms with E-state index in [9.17, 15) is 4.79 Å². The van der Waals surface area contributed by atoms with Gasteiger partial charge in [0.1, 0.15) is 5.75 Å². The van der Waals surface area contributed by atoms with Crippen LogP contribution in [0.15, 0.2) is 84.9 Å². The zero-order valence-electron chi connectivity index (χ0n) is 20.9. The Hall–Kier alpha value is -4.21. The van der Waals surface area contributed by atoms with Crippen LogP contribution in [-0.4, -0.2) is 59.0 Å². The van der Waals surface area contributed by atoms with E-state index in [4.69, 9.17) is 16.3 Å². The Kier molecular flexibility index (Phi) is 7.96. The van der Waals surface area contributed by atoms with Crippen LogP contribution >= 0.6 is 11.6 Å². The van der Waals surface area contributed by atoms with Gasteiger partial charge in [-0.1, -0.05) is 66.7 Å². The molecule has 2 heterocycles. The van der Waals surface area contributed by atoms with Gasteiger partial charge in [-0.15, -0.1) is 0 Å². The van der Waals surface area contributed by atoms with Gasteiger partial charge in [-0.25, -0.2) is 0 Å². The second kappa shape index (κ2) is 11.9. The van der Waals surface area contributed by atoms with Gasteiger partial charge in [-0.2, -0.15) is 15.0 Å². The van der Waals surface area contributed by atoms with Crippen molar-refractivity contribution in [1.82, 2.24) is 25.3 Å². The number of benzene rings is 3. The van der Waals surface area contributed by atoms with Crippen molar-refractivity contribution in [3.05, 3.63) is 107 Å². The molecule has 0 spiro atoms. The number of amides is 1. The summed E-state index contributed by atoms with van der Waals surface area (Å²) in [6.07, 6.45) is 0. The normalized spacial score (nSPS) is 13.8. The number of hydrazine groups is 1. The first-order valence-electron chi connectivity index (χ1n) is 12.3. The number of carbonyl (C=O) groups is 1. The van der Waals surface area contributed by atoms with Gasteiger partial charge in [0.2, 0.25) is 17.2 Å². The average Bonchev–Trinajstić information content (AvgIpc) is 2.97. The minimum Gasteiger partial charge on any atom is -0.497 e. The van der Waals surface area contributed by atoms with Crippen LogP contribution in [0.25, 0.3) is 0 Å². The van der Waals surface area contributed by atoms with E-state index in [0.717, 1.165) is 13.1 Å². The predicted octanol–water partition coefficient (Wildman–Crippen LogP) is 4.20. The van der Waals surface area contributed by atoms with Crippen LogP contribution in [-0.2, 0) is 0 Å². The number of methoxy groups -OCH3 is 1. The first-order chi connectivity index (χ1) is 18.6. The molecule has 4 aromatic rings. The Morgan fingerprint density at radius 2 is 1.53 bits per heavy atom. The van der Waals surface area contributed by atoms with Crippen molar-refractivity contribution in [2.45, 2.75) is 6.04 Å². The Bertz CT molecular complexity index is 1330. The molecule has 5 rings (SSSR count). The van der Waals surface area contributed by atoms with Gasteiger partial charge < -0.3 is 9.64 Å². The first kappa shape index (κ1) is 25.4. The van der Waals surface area contributed by atoms with Gasteiger partial charge in [0.15, 0.2) is 0 Å². The maximum atomic E-state index is 12.5. The fourth-order valence-corrected chi connectivity index (χ4v) is 4.71. The first-order valence-corrected chi connectivity index (χ1v) is 12.7. The third-order valence-electron chi connectivity index (χ3n) is 6.41. The summed E-state index contributed by atoms with van der Waals surface area (Å²) in [5, 5.41) is 0.0435. The van der Waals surface area contributed by atoms with Gasteiger partial charge in [-0.3, -0.25) is 20.5 Å². The highest BCUT2D eigenvalue weighted by atomic mass is 35.5. The minimum absolute atomic E-state index is 0.0435. The lowest BCUT2D eigenvalue weighted by molar-refractivity contribution is 0.0962. The lowest BCUT2D eigenvalue weighted by atomic mass is 9.96. The van der Waals surface area contributed by atoms with Crippen LogP contribution < -0.4 is 20.5 Å². The number of halogens is 1. The van der Waals surface area contributed by atoms with Crippen LogP contribution in [0, 0.1) is 0 Å². The number of ether oxygens (including phenoxy) is 1. The highest BCUT2D eigenvalue weighted by Crippen LogP contribution is 2.30. The number of anilines is 2. The van der Waals surface area contributed by atoms with E-state index in [2.05, 4.69) is 84.1 Å². The van der Waals surface area contributed by atoms with Crippen molar-refractivity contribution in [1.29, 1.82) is 0 Å². The molecule has 10 heteroatoms. The van der Waals surface area contributed by atoms with Gasteiger partial charge in [0, 0.05) is 31.7 Å². The second-order valence-electron chi connectivity index (χ2n) is 8.79. The highest BCUT2D eigenvalue weighted by molar-refractivity contribution is 6.28. The summed E-state index contributed by atoms with van der Waals surface area (Å²) in [6.45, 7) is 3.05. The van der Waals surface area contributed by atoms with E-state index in [0.29, 0.717) is 30.4 Å². The molecule has 1 aliphatic rings. The summed E-state index contributed by atoms with van der Waals surface area (Å²) >= 11 is 6.21. The zero-order valence-corrected chi connectivity index (χ0v) is 21.7. The monoisotopic (exact) mass is 529 g/mol. The third kappa shape index (κ3) is 6.01. The van der Waals surface area contributed by atoms with E-state index >= 15 is 0 Å². The zero-order chi connectivity index (χ0) is 26.3. The van der Waals surface area contributed by atoms with Crippen molar-refractivity contribution >= 4 is 29.4 Å². The molecule has 0 radical (unpaired) electrons. The largest absolute Gasteiger partial charge is 0.497 e. The quantitative estimate of drug-likeness (QED) is 0.328. The number of rotatable bonds is 8. The lowest BCUT2D eigenvalue weighted by Gasteiger charge is -2.39. The summed E-state index contributed by atoms with van der Waals surface area (Å²) in [4.78, 5) is 30.0. The maximum Gasteiger partial charge on any atom is 0.269 e. The highest BCUT2D eigenvalue weighted by Gasteiger charge is 2.27. The smallest absolute Gasteiger partial charge is 0.269 e. The predicted molar refractivity (Wildman–Crippen MR) is 147 cm³/mol. The molecule has 194 valence electrons. The van der Waals surface area contributed by atoms with Crippen molar-refractivity contribution in [3.8, 4) is 5.75 Å². The minimum atomic E-state index is -0.358. The van der Waals surface area contributed by atoms with Crippen LogP contribution in [0.2, 0.25) is 5.28 Å². The van der Waals surface area contributed by atoms with Crippen LogP contribution in [0.1, 0.15) is 27.5 Å². The molecule has 38 heavy (non-hydrogen) atoms. The SMILES string of the molecule is COc1cccc(C(=O)NNc2nc(Cl)nc(N3CCN(C(c4ccccc4)c4ccccc4)CC3)n2)c1. The number of aromatic nitrogens is 3. The van der Waals surface area contributed by atoms with Crippen LogP contribution in [0.3, 0.4) is 0 Å². The molecule has 0 saturated carbocycles. The van der Waals surface area contributed by atoms with Gasteiger partial charge in [-0.05, 0) is 40.9 Å². The van der Waals surface area contributed by atoms with E-state index < -0.39 is 0 Å². The van der Waals surface area contributed by atoms with E-state index in [1.807, 2.05) is 12.1 Å². The average molecular weight is 530 g/mol. The van der Waals surface area contributed by atoms with Crippen molar-refractivity contribution in [2.75, 3.05) is 43.6 Å². The van der Waals surface area contributed by atoms with E-state index in [1.54, 1.807) is 31.4 Å². The number of piperazine rings is 1. The van der Waals surface area contributed by atoms with E-state index in [-0.39, 0.29) is 23.2 Å². The molecule has 9 nitrogen and oxygen atoms in total. The molecule has 1 fully saturated rings. The third-order valence-corrected chi connectivity index (χ3v) is 6.58. The number of hydrogen-bond donors (Lipinski definition) is 2. The molecular weight excluding hydrogens is 502 g/mol. The molecule has 0 unspecified atom stereocenters.